The maximum Gasteiger partial charge on any atom is 0.121 e. The minimum absolute atomic E-state index is 0.750. The highest BCUT2D eigenvalue weighted by Gasteiger charge is 2.24. The molecule has 0 spiro atoms. The van der Waals surface area contributed by atoms with Crippen LogP contribution in [0.3, 0.4) is 0 Å². The van der Waals surface area contributed by atoms with Crippen molar-refractivity contribution >= 4 is 53.4 Å². The lowest BCUT2D eigenvalue weighted by Crippen LogP contribution is -1.99. The van der Waals surface area contributed by atoms with Crippen molar-refractivity contribution in [3.8, 4) is 33.6 Å². The Hall–Kier alpha value is -3.34. The molecule has 0 saturated heterocycles. The zero-order chi connectivity index (χ0) is 23.1. The minimum Gasteiger partial charge on any atom is -0.255 e. The van der Waals surface area contributed by atoms with Crippen molar-refractivity contribution in [3.05, 3.63) is 118 Å². The van der Waals surface area contributed by atoms with E-state index in [0.717, 1.165) is 42.7 Å². The van der Waals surface area contributed by atoms with Gasteiger partial charge in [-0.05, 0) is 76.7 Å². The van der Waals surface area contributed by atoms with Gasteiger partial charge in [-0.1, -0.05) is 91.0 Å². The fourth-order valence-corrected chi connectivity index (χ4v) is 5.50. The van der Waals surface area contributed by atoms with Crippen LogP contribution in [-0.2, 0) is 0 Å². The summed E-state index contributed by atoms with van der Waals surface area (Å²) in [5.74, 6) is 0. The highest BCUT2D eigenvalue weighted by molar-refractivity contribution is 9.13. The molecule has 2 nitrogen and oxygen atoms in total. The normalized spacial score (nSPS) is 11.2. The molecule has 0 fully saturated rings. The summed E-state index contributed by atoms with van der Waals surface area (Å²) in [6.45, 7) is 0. The van der Waals surface area contributed by atoms with Crippen molar-refractivity contribution in [2.24, 2.45) is 0 Å². The van der Waals surface area contributed by atoms with Crippen molar-refractivity contribution in [3.63, 3.8) is 0 Å². The van der Waals surface area contributed by atoms with Crippen LogP contribution < -0.4 is 0 Å². The summed E-state index contributed by atoms with van der Waals surface area (Å²) in [6.07, 6.45) is 1.82. The standard InChI is InChI=1S/C30H18Br2N2/c31-28-26(23-15-7-11-19-9-1-3-13-21(19)23)27(24-16-8-12-20-10-2-4-14-22(20)24)29(34-30(28)32)25-17-5-6-18-33-25/h1-18H. The van der Waals surface area contributed by atoms with Crippen molar-refractivity contribution in [2.75, 3.05) is 0 Å². The monoisotopic (exact) mass is 564 g/mol. The molecule has 0 radical (unpaired) electrons. The molecule has 6 aromatic rings. The number of rotatable bonds is 3. The first-order valence-electron chi connectivity index (χ1n) is 11.0. The molecule has 162 valence electrons. The lowest BCUT2D eigenvalue weighted by molar-refractivity contribution is 1.21. The van der Waals surface area contributed by atoms with Crippen LogP contribution in [0.1, 0.15) is 0 Å². The van der Waals surface area contributed by atoms with Gasteiger partial charge in [0.1, 0.15) is 4.60 Å². The van der Waals surface area contributed by atoms with E-state index < -0.39 is 0 Å². The van der Waals surface area contributed by atoms with Gasteiger partial charge in [-0.2, -0.15) is 0 Å². The van der Waals surface area contributed by atoms with E-state index >= 15 is 0 Å². The largest absolute Gasteiger partial charge is 0.255 e. The summed E-state index contributed by atoms with van der Waals surface area (Å²) in [5, 5.41) is 4.76. The number of nitrogens with zero attached hydrogens (tertiary/aromatic N) is 2. The Morgan fingerprint density at radius 1 is 0.529 bits per heavy atom. The van der Waals surface area contributed by atoms with Crippen molar-refractivity contribution in [2.45, 2.75) is 0 Å². The van der Waals surface area contributed by atoms with Crippen molar-refractivity contribution < 1.29 is 0 Å². The van der Waals surface area contributed by atoms with Gasteiger partial charge in [-0.3, -0.25) is 4.98 Å². The highest BCUT2D eigenvalue weighted by Crippen LogP contribution is 2.48. The number of hydrogen-bond acceptors (Lipinski definition) is 2. The summed E-state index contributed by atoms with van der Waals surface area (Å²) < 4.78 is 1.67. The third-order valence-electron chi connectivity index (χ3n) is 6.12. The molecule has 0 aliphatic rings. The van der Waals surface area contributed by atoms with Gasteiger partial charge in [0.25, 0.3) is 0 Å². The van der Waals surface area contributed by atoms with Gasteiger partial charge < -0.3 is 0 Å². The third-order valence-corrected chi connectivity index (χ3v) is 8.00. The molecule has 0 amide bonds. The molecular weight excluding hydrogens is 548 g/mol. The van der Waals surface area contributed by atoms with E-state index in [0.29, 0.717) is 0 Å². The number of halogens is 2. The average molecular weight is 566 g/mol. The number of pyridine rings is 2. The second-order valence-corrected chi connectivity index (χ2v) is 9.63. The predicted molar refractivity (Wildman–Crippen MR) is 149 cm³/mol. The molecule has 0 unspecified atom stereocenters. The molecule has 2 aromatic heterocycles. The summed E-state index contributed by atoms with van der Waals surface area (Å²) in [5.41, 5.74) is 6.10. The van der Waals surface area contributed by atoms with Crippen LogP contribution in [0.25, 0.3) is 55.2 Å². The van der Waals surface area contributed by atoms with Gasteiger partial charge in [0.05, 0.1) is 15.9 Å². The van der Waals surface area contributed by atoms with Crippen LogP contribution >= 0.6 is 31.9 Å². The van der Waals surface area contributed by atoms with E-state index in [1.54, 1.807) is 0 Å². The van der Waals surface area contributed by atoms with E-state index in [9.17, 15) is 0 Å². The van der Waals surface area contributed by atoms with Gasteiger partial charge in [0.15, 0.2) is 0 Å². The molecule has 4 heteroatoms. The molecule has 2 heterocycles. The molecule has 34 heavy (non-hydrogen) atoms. The maximum atomic E-state index is 5.00. The second-order valence-electron chi connectivity index (χ2n) is 8.08. The fourth-order valence-electron chi connectivity index (χ4n) is 4.62. The van der Waals surface area contributed by atoms with Crippen LogP contribution in [0, 0.1) is 0 Å². The van der Waals surface area contributed by atoms with Crippen LogP contribution in [0.15, 0.2) is 118 Å². The summed E-state index contributed by atoms with van der Waals surface area (Å²) in [6, 6.07) is 35.8. The molecule has 0 aliphatic heterocycles. The smallest absolute Gasteiger partial charge is 0.121 e. The van der Waals surface area contributed by atoms with Gasteiger partial charge >= 0.3 is 0 Å². The van der Waals surface area contributed by atoms with Gasteiger partial charge in [-0.15, -0.1) is 0 Å². The Bertz CT molecular complexity index is 1670. The number of aromatic nitrogens is 2. The molecule has 0 aliphatic carbocycles. The van der Waals surface area contributed by atoms with Gasteiger partial charge in [0, 0.05) is 17.3 Å². The summed E-state index contributed by atoms with van der Waals surface area (Å²) in [7, 11) is 0. The Morgan fingerprint density at radius 3 is 1.71 bits per heavy atom. The van der Waals surface area contributed by atoms with E-state index in [-0.39, 0.29) is 0 Å². The number of benzene rings is 4. The molecule has 0 saturated carbocycles. The van der Waals surface area contributed by atoms with Gasteiger partial charge in [0.2, 0.25) is 0 Å². The zero-order valence-corrected chi connectivity index (χ0v) is 21.2. The first kappa shape index (κ1) is 21.2. The quantitative estimate of drug-likeness (QED) is 0.200. The Balaban J connectivity index is 1.82. The van der Waals surface area contributed by atoms with Crippen LogP contribution in [0.4, 0.5) is 0 Å². The second kappa shape index (κ2) is 8.79. The van der Waals surface area contributed by atoms with E-state index in [2.05, 4.69) is 122 Å². The molecule has 0 atom stereocenters. The summed E-state index contributed by atoms with van der Waals surface area (Å²) >= 11 is 7.62. The van der Waals surface area contributed by atoms with Crippen molar-refractivity contribution in [1.29, 1.82) is 0 Å². The fraction of sp³-hybridized carbons (Fsp3) is 0. The van der Waals surface area contributed by atoms with E-state index in [4.69, 9.17) is 4.98 Å². The number of fused-ring (bicyclic) bond motifs is 2. The van der Waals surface area contributed by atoms with Crippen molar-refractivity contribution in [1.82, 2.24) is 9.97 Å². The molecule has 6 rings (SSSR count). The molecule has 0 bridgehead atoms. The Morgan fingerprint density at radius 2 is 1.09 bits per heavy atom. The van der Waals surface area contributed by atoms with Crippen LogP contribution in [-0.4, -0.2) is 9.97 Å². The topological polar surface area (TPSA) is 25.8 Å². The first-order valence-corrected chi connectivity index (χ1v) is 12.6. The third kappa shape index (κ3) is 3.54. The SMILES string of the molecule is Brc1nc(-c2ccccn2)c(-c2cccc3ccccc23)c(-c2cccc3ccccc23)c1Br. The summed E-state index contributed by atoms with van der Waals surface area (Å²) in [4.78, 5) is 9.68. The Labute approximate surface area is 214 Å². The van der Waals surface area contributed by atoms with E-state index in [1.807, 2.05) is 24.4 Å². The van der Waals surface area contributed by atoms with E-state index in [1.165, 1.54) is 21.5 Å². The molecule has 4 aromatic carbocycles. The minimum atomic E-state index is 0.750. The molecular formula is C30H18Br2N2. The lowest BCUT2D eigenvalue weighted by atomic mass is 9.88. The predicted octanol–water partition coefficient (Wildman–Crippen LogP) is 9.31. The average Bonchev–Trinajstić information content (AvgIpc) is 2.90. The molecule has 0 N–H and O–H groups in total. The van der Waals surface area contributed by atoms with Crippen LogP contribution in [0.5, 0.6) is 0 Å². The lowest BCUT2D eigenvalue weighted by Gasteiger charge is -2.20. The Kier molecular flexibility index (Phi) is 5.48. The number of hydrogen-bond donors (Lipinski definition) is 0. The van der Waals surface area contributed by atoms with Crippen LogP contribution in [0.2, 0.25) is 0 Å². The van der Waals surface area contributed by atoms with Gasteiger partial charge in [-0.25, -0.2) is 4.98 Å². The highest BCUT2D eigenvalue weighted by atomic mass is 79.9. The maximum absolute atomic E-state index is 5.00. The zero-order valence-electron chi connectivity index (χ0n) is 18.0. The first-order chi connectivity index (χ1) is 16.7.